The molecule has 3 rings (SSSR count). The van der Waals surface area contributed by atoms with Gasteiger partial charge in [-0.2, -0.15) is 0 Å². The molecule has 1 saturated heterocycles. The van der Waals surface area contributed by atoms with Crippen LogP contribution >= 0.6 is 12.2 Å². The normalized spacial score (nSPS) is 13.6. The maximum atomic E-state index is 12.1. The smallest absolute Gasteiger partial charge is 0.257 e. The summed E-state index contributed by atoms with van der Waals surface area (Å²) < 4.78 is 0. The Morgan fingerprint density at radius 1 is 1.00 bits per heavy atom. The molecule has 0 bridgehead atoms. The van der Waals surface area contributed by atoms with Crippen LogP contribution in [0.1, 0.15) is 28.8 Å². The van der Waals surface area contributed by atoms with Gasteiger partial charge in [0.1, 0.15) is 0 Å². The number of aryl methyl sites for hydroxylation is 1. The second-order valence-electron chi connectivity index (χ2n) is 6.02. The van der Waals surface area contributed by atoms with Crippen molar-refractivity contribution in [3.8, 4) is 0 Å². The first-order chi connectivity index (χ1) is 11.6. The van der Waals surface area contributed by atoms with E-state index in [4.69, 9.17) is 12.2 Å². The first kappa shape index (κ1) is 16.5. The zero-order valence-corrected chi connectivity index (χ0v) is 14.5. The summed E-state index contributed by atoms with van der Waals surface area (Å²) in [6.07, 6.45) is 2.52. The van der Waals surface area contributed by atoms with Gasteiger partial charge in [0.05, 0.1) is 0 Å². The number of anilines is 2. The van der Waals surface area contributed by atoms with E-state index in [-0.39, 0.29) is 5.91 Å². The lowest BCUT2D eigenvalue weighted by Gasteiger charge is -2.18. The van der Waals surface area contributed by atoms with Gasteiger partial charge in [-0.1, -0.05) is 17.7 Å². The molecule has 0 spiro atoms. The Bertz CT molecular complexity index is 719. The first-order valence-electron chi connectivity index (χ1n) is 8.16. The summed E-state index contributed by atoms with van der Waals surface area (Å²) in [6.45, 7) is 4.23. The lowest BCUT2D eigenvalue weighted by Crippen LogP contribution is -2.34. The van der Waals surface area contributed by atoms with Gasteiger partial charge in [-0.05, 0) is 68.4 Å². The van der Waals surface area contributed by atoms with E-state index in [9.17, 15) is 4.79 Å². The minimum absolute atomic E-state index is 0.207. The Hall–Kier alpha value is -2.40. The molecule has 2 aromatic rings. The van der Waals surface area contributed by atoms with Gasteiger partial charge in [-0.3, -0.25) is 10.1 Å². The average Bonchev–Trinajstić information content (AvgIpc) is 3.10. The highest BCUT2D eigenvalue weighted by atomic mass is 32.1. The quantitative estimate of drug-likeness (QED) is 0.837. The molecular weight excluding hydrogens is 318 g/mol. The second-order valence-corrected chi connectivity index (χ2v) is 6.42. The van der Waals surface area contributed by atoms with Gasteiger partial charge in [0, 0.05) is 30.0 Å². The van der Waals surface area contributed by atoms with Gasteiger partial charge >= 0.3 is 0 Å². The molecular formula is C19H21N3OS. The maximum Gasteiger partial charge on any atom is 0.257 e. The van der Waals surface area contributed by atoms with Crippen LogP contribution in [0.2, 0.25) is 0 Å². The van der Waals surface area contributed by atoms with E-state index < -0.39 is 0 Å². The molecule has 1 aliphatic rings. The highest BCUT2D eigenvalue weighted by Gasteiger charge is 2.12. The molecule has 5 heteroatoms. The third-order valence-corrected chi connectivity index (χ3v) is 4.34. The summed E-state index contributed by atoms with van der Waals surface area (Å²) in [4.78, 5) is 14.5. The minimum Gasteiger partial charge on any atom is -0.372 e. The van der Waals surface area contributed by atoms with Crippen molar-refractivity contribution in [1.29, 1.82) is 0 Å². The molecule has 0 atom stereocenters. The van der Waals surface area contributed by atoms with Crippen molar-refractivity contribution >= 4 is 34.6 Å². The van der Waals surface area contributed by atoms with Crippen molar-refractivity contribution in [3.63, 3.8) is 0 Å². The van der Waals surface area contributed by atoms with Gasteiger partial charge in [0.15, 0.2) is 5.11 Å². The van der Waals surface area contributed by atoms with Crippen LogP contribution in [0.4, 0.5) is 11.4 Å². The fourth-order valence-electron chi connectivity index (χ4n) is 2.77. The number of hydrogen-bond donors (Lipinski definition) is 2. The highest BCUT2D eigenvalue weighted by Crippen LogP contribution is 2.21. The van der Waals surface area contributed by atoms with Gasteiger partial charge in [-0.15, -0.1) is 0 Å². The fraction of sp³-hybridized carbons (Fsp3) is 0.263. The Balaban J connectivity index is 1.56. The minimum atomic E-state index is -0.207. The van der Waals surface area contributed by atoms with Crippen molar-refractivity contribution in [1.82, 2.24) is 5.32 Å². The lowest BCUT2D eigenvalue weighted by atomic mass is 10.1. The maximum absolute atomic E-state index is 12.1. The van der Waals surface area contributed by atoms with E-state index in [1.54, 1.807) is 12.1 Å². The van der Waals surface area contributed by atoms with Crippen LogP contribution in [0.3, 0.4) is 0 Å². The number of rotatable bonds is 3. The largest absolute Gasteiger partial charge is 0.372 e. The SMILES string of the molecule is Cc1ccc(C(=O)NC(=S)Nc2ccc(N3CCCC3)cc2)cc1. The predicted octanol–water partition coefficient (Wildman–Crippen LogP) is 3.72. The third kappa shape index (κ3) is 4.11. The number of nitrogens with zero attached hydrogens (tertiary/aromatic N) is 1. The Kier molecular flexibility index (Phi) is 5.11. The summed E-state index contributed by atoms with van der Waals surface area (Å²) in [7, 11) is 0. The van der Waals surface area contributed by atoms with Crippen LogP contribution in [0, 0.1) is 6.92 Å². The third-order valence-electron chi connectivity index (χ3n) is 4.14. The molecule has 0 aromatic heterocycles. The number of carbonyl (C=O) groups excluding carboxylic acids is 1. The van der Waals surface area contributed by atoms with Gasteiger partial charge < -0.3 is 10.2 Å². The van der Waals surface area contributed by atoms with Gasteiger partial charge in [0.2, 0.25) is 0 Å². The van der Waals surface area contributed by atoms with Crippen molar-refractivity contribution in [3.05, 3.63) is 59.7 Å². The predicted molar refractivity (Wildman–Crippen MR) is 103 cm³/mol. The Labute approximate surface area is 147 Å². The van der Waals surface area contributed by atoms with E-state index in [2.05, 4.69) is 27.7 Å². The summed E-state index contributed by atoms with van der Waals surface area (Å²) >= 11 is 5.22. The van der Waals surface area contributed by atoms with E-state index in [1.165, 1.54) is 18.5 Å². The molecule has 1 fully saturated rings. The summed E-state index contributed by atoms with van der Waals surface area (Å²) in [5.74, 6) is -0.207. The topological polar surface area (TPSA) is 44.4 Å². The molecule has 2 N–H and O–H groups in total. The number of benzene rings is 2. The van der Waals surface area contributed by atoms with Crippen molar-refractivity contribution in [2.24, 2.45) is 0 Å². The van der Waals surface area contributed by atoms with Crippen LogP contribution < -0.4 is 15.5 Å². The van der Waals surface area contributed by atoms with Crippen LogP contribution in [-0.4, -0.2) is 24.1 Å². The number of thiocarbonyl (C=S) groups is 1. The second kappa shape index (κ2) is 7.45. The van der Waals surface area contributed by atoms with Crippen LogP contribution in [0.5, 0.6) is 0 Å². The van der Waals surface area contributed by atoms with Gasteiger partial charge in [0.25, 0.3) is 5.91 Å². The summed E-state index contributed by atoms with van der Waals surface area (Å²) in [5.41, 5.74) is 3.80. The van der Waals surface area contributed by atoms with Gasteiger partial charge in [-0.25, -0.2) is 0 Å². The van der Waals surface area contributed by atoms with Crippen LogP contribution in [0.25, 0.3) is 0 Å². The van der Waals surface area contributed by atoms with Crippen molar-refractivity contribution < 1.29 is 4.79 Å². The highest BCUT2D eigenvalue weighted by molar-refractivity contribution is 7.80. The summed E-state index contributed by atoms with van der Waals surface area (Å²) in [5, 5.41) is 6.06. The van der Waals surface area contributed by atoms with E-state index in [0.717, 1.165) is 24.3 Å². The monoisotopic (exact) mass is 339 g/mol. The summed E-state index contributed by atoms with van der Waals surface area (Å²) in [6, 6.07) is 15.5. The number of amides is 1. The Morgan fingerprint density at radius 2 is 1.62 bits per heavy atom. The Morgan fingerprint density at radius 3 is 2.25 bits per heavy atom. The molecule has 1 heterocycles. The van der Waals surface area contributed by atoms with E-state index >= 15 is 0 Å². The fourth-order valence-corrected chi connectivity index (χ4v) is 2.98. The zero-order chi connectivity index (χ0) is 16.9. The molecule has 1 aliphatic heterocycles. The number of carbonyl (C=O) groups is 1. The molecule has 4 nitrogen and oxygen atoms in total. The molecule has 0 unspecified atom stereocenters. The van der Waals surface area contributed by atoms with Crippen molar-refractivity contribution in [2.45, 2.75) is 19.8 Å². The number of nitrogens with one attached hydrogen (secondary N) is 2. The molecule has 0 saturated carbocycles. The number of hydrogen-bond acceptors (Lipinski definition) is 3. The van der Waals surface area contributed by atoms with Crippen LogP contribution in [-0.2, 0) is 0 Å². The zero-order valence-electron chi connectivity index (χ0n) is 13.7. The average molecular weight is 339 g/mol. The van der Waals surface area contributed by atoms with E-state index in [1.807, 2.05) is 31.2 Å². The van der Waals surface area contributed by atoms with Crippen LogP contribution in [0.15, 0.2) is 48.5 Å². The molecule has 2 aromatic carbocycles. The molecule has 1 amide bonds. The standard InChI is InChI=1S/C19H21N3OS/c1-14-4-6-15(7-5-14)18(23)21-19(24)20-16-8-10-17(11-9-16)22-12-2-3-13-22/h4-11H,2-3,12-13H2,1H3,(H2,20,21,23,24). The molecule has 24 heavy (non-hydrogen) atoms. The lowest BCUT2D eigenvalue weighted by molar-refractivity contribution is 0.0977. The van der Waals surface area contributed by atoms with Crippen molar-refractivity contribution in [2.75, 3.05) is 23.3 Å². The molecule has 0 aliphatic carbocycles. The first-order valence-corrected chi connectivity index (χ1v) is 8.57. The molecule has 0 radical (unpaired) electrons. The molecule has 124 valence electrons. The van der Waals surface area contributed by atoms with E-state index in [0.29, 0.717) is 10.7 Å².